The van der Waals surface area contributed by atoms with Crippen LogP contribution in [0.25, 0.3) is 6.08 Å². The van der Waals surface area contributed by atoms with Crippen LogP contribution in [0.2, 0.25) is 0 Å². The molecule has 0 atom stereocenters. The third kappa shape index (κ3) is 3.96. The van der Waals surface area contributed by atoms with E-state index in [4.69, 9.17) is 0 Å². The van der Waals surface area contributed by atoms with E-state index in [2.05, 4.69) is 31.2 Å². The predicted molar refractivity (Wildman–Crippen MR) is 79.2 cm³/mol. The smallest absolute Gasteiger partial charge is 0.258 e. The van der Waals surface area contributed by atoms with Crippen LogP contribution in [0.4, 0.5) is 5.69 Å². The molecule has 0 spiro atoms. The molecule has 4 heteroatoms. The minimum Gasteiger partial charge on any atom is -0.258 e. The second-order valence-electron chi connectivity index (χ2n) is 4.08. The summed E-state index contributed by atoms with van der Waals surface area (Å²) in [6, 6.07) is 14.8. The number of thioether (sulfide) groups is 1. The van der Waals surface area contributed by atoms with Crippen LogP contribution in [-0.4, -0.2) is 4.92 Å². The summed E-state index contributed by atoms with van der Waals surface area (Å²) >= 11 is 1.54. The maximum Gasteiger partial charge on any atom is 0.269 e. The molecule has 0 fully saturated rings. The quantitative estimate of drug-likeness (QED) is 0.461. The van der Waals surface area contributed by atoms with Gasteiger partial charge in [0.05, 0.1) is 4.92 Å². The third-order valence-corrected chi connectivity index (χ3v) is 3.41. The Hall–Kier alpha value is -2.07. The maximum atomic E-state index is 10.5. The second-order valence-corrected chi connectivity index (χ2v) is 5.06. The monoisotopic (exact) mass is 271 g/mol. The largest absolute Gasteiger partial charge is 0.269 e. The fourth-order valence-electron chi connectivity index (χ4n) is 1.52. The van der Waals surface area contributed by atoms with Crippen LogP contribution < -0.4 is 0 Å². The zero-order chi connectivity index (χ0) is 13.7. The van der Waals surface area contributed by atoms with Crippen molar-refractivity contribution in [3.8, 4) is 0 Å². The Morgan fingerprint density at radius 1 is 1.05 bits per heavy atom. The van der Waals surface area contributed by atoms with Gasteiger partial charge in [-0.05, 0) is 36.1 Å². The topological polar surface area (TPSA) is 43.1 Å². The lowest BCUT2D eigenvalue weighted by Crippen LogP contribution is -1.86. The normalized spacial score (nSPS) is 10.8. The summed E-state index contributed by atoms with van der Waals surface area (Å²) in [4.78, 5) is 11.1. The molecule has 0 aliphatic heterocycles. The number of hydrogen-bond donors (Lipinski definition) is 0. The van der Waals surface area contributed by atoms with Crippen molar-refractivity contribution in [1.29, 1.82) is 0 Å². The van der Waals surface area contributed by atoms with Gasteiger partial charge >= 0.3 is 0 Å². The van der Waals surface area contributed by atoms with Crippen molar-refractivity contribution in [1.82, 2.24) is 0 Å². The van der Waals surface area contributed by atoms with Crippen LogP contribution in [0, 0.1) is 17.0 Å². The molecule has 0 radical (unpaired) electrons. The lowest BCUT2D eigenvalue weighted by Gasteiger charge is -1.97. The summed E-state index contributed by atoms with van der Waals surface area (Å²) in [7, 11) is 0. The Labute approximate surface area is 116 Å². The highest BCUT2D eigenvalue weighted by Gasteiger charge is 2.02. The molecule has 0 aliphatic carbocycles. The molecule has 96 valence electrons. The molecule has 3 nitrogen and oxygen atoms in total. The highest BCUT2D eigenvalue weighted by atomic mass is 32.2. The molecular weight excluding hydrogens is 258 g/mol. The summed E-state index contributed by atoms with van der Waals surface area (Å²) in [6.45, 7) is 2.05. The SMILES string of the molecule is Cc1ccc(/C=C/Sc2ccc([N+](=O)[O-])cc2)cc1. The molecule has 0 aromatic heterocycles. The van der Waals surface area contributed by atoms with E-state index in [-0.39, 0.29) is 5.69 Å². The minimum atomic E-state index is -0.392. The maximum absolute atomic E-state index is 10.5. The van der Waals surface area contributed by atoms with Gasteiger partial charge in [0.2, 0.25) is 0 Å². The van der Waals surface area contributed by atoms with Crippen molar-refractivity contribution < 1.29 is 4.92 Å². The number of nitrogens with zero attached hydrogens (tertiary/aromatic N) is 1. The fraction of sp³-hybridized carbons (Fsp3) is 0.0667. The Kier molecular flexibility index (Phi) is 4.36. The fourth-order valence-corrected chi connectivity index (χ4v) is 2.19. The van der Waals surface area contributed by atoms with Crippen molar-refractivity contribution in [3.63, 3.8) is 0 Å². The number of hydrogen-bond acceptors (Lipinski definition) is 3. The standard InChI is InChI=1S/C15H13NO2S/c1-12-2-4-13(5-3-12)10-11-19-15-8-6-14(7-9-15)16(17)18/h2-11H,1H3/b11-10+. The molecule has 2 rings (SSSR count). The highest BCUT2D eigenvalue weighted by molar-refractivity contribution is 8.02. The van der Waals surface area contributed by atoms with Crippen molar-refractivity contribution in [3.05, 3.63) is 75.2 Å². The van der Waals surface area contributed by atoms with Gasteiger partial charge in [0.25, 0.3) is 5.69 Å². The van der Waals surface area contributed by atoms with Crippen LogP contribution in [-0.2, 0) is 0 Å². The van der Waals surface area contributed by atoms with Gasteiger partial charge < -0.3 is 0 Å². The van der Waals surface area contributed by atoms with Crippen LogP contribution >= 0.6 is 11.8 Å². The van der Waals surface area contributed by atoms with Gasteiger partial charge in [-0.2, -0.15) is 0 Å². The van der Waals surface area contributed by atoms with Gasteiger partial charge in [0.15, 0.2) is 0 Å². The average molecular weight is 271 g/mol. The molecule has 0 heterocycles. The van der Waals surface area contributed by atoms with E-state index in [0.29, 0.717) is 0 Å². The first-order chi connectivity index (χ1) is 9.15. The van der Waals surface area contributed by atoms with Crippen LogP contribution in [0.5, 0.6) is 0 Å². The predicted octanol–water partition coefficient (Wildman–Crippen LogP) is 4.67. The van der Waals surface area contributed by atoms with E-state index in [1.54, 1.807) is 12.1 Å². The van der Waals surface area contributed by atoms with Gasteiger partial charge in [0, 0.05) is 17.0 Å². The highest BCUT2D eigenvalue weighted by Crippen LogP contribution is 2.23. The zero-order valence-electron chi connectivity index (χ0n) is 10.4. The first-order valence-corrected chi connectivity index (χ1v) is 6.67. The van der Waals surface area contributed by atoms with Gasteiger partial charge in [-0.25, -0.2) is 0 Å². The lowest BCUT2D eigenvalue weighted by molar-refractivity contribution is -0.384. The van der Waals surface area contributed by atoms with Crippen molar-refractivity contribution in [2.75, 3.05) is 0 Å². The molecule has 0 amide bonds. The molecule has 0 N–H and O–H groups in total. The van der Waals surface area contributed by atoms with E-state index in [1.807, 2.05) is 11.5 Å². The number of benzene rings is 2. The Bertz CT molecular complexity index is 589. The summed E-state index contributed by atoms with van der Waals surface area (Å²) in [6.07, 6.45) is 2.02. The average Bonchev–Trinajstić information content (AvgIpc) is 2.41. The Morgan fingerprint density at radius 3 is 2.26 bits per heavy atom. The number of rotatable bonds is 4. The third-order valence-electron chi connectivity index (χ3n) is 2.59. The molecule has 0 saturated carbocycles. The number of non-ortho nitro benzene ring substituents is 1. The van der Waals surface area contributed by atoms with Gasteiger partial charge in [-0.15, -0.1) is 0 Å². The Balaban J connectivity index is 1.98. The summed E-state index contributed by atoms with van der Waals surface area (Å²) < 4.78 is 0. The summed E-state index contributed by atoms with van der Waals surface area (Å²) in [5.41, 5.74) is 2.49. The molecule has 0 aliphatic rings. The molecule has 0 saturated heterocycles. The van der Waals surface area contributed by atoms with Crippen LogP contribution in [0.1, 0.15) is 11.1 Å². The van der Waals surface area contributed by atoms with Crippen molar-refractivity contribution in [2.24, 2.45) is 0 Å². The van der Waals surface area contributed by atoms with E-state index in [9.17, 15) is 10.1 Å². The summed E-state index contributed by atoms with van der Waals surface area (Å²) in [5, 5.41) is 12.5. The Morgan fingerprint density at radius 2 is 1.68 bits per heavy atom. The number of nitro groups is 1. The van der Waals surface area contributed by atoms with Gasteiger partial charge in [-0.1, -0.05) is 41.6 Å². The van der Waals surface area contributed by atoms with E-state index in [0.717, 1.165) is 10.5 Å². The second kappa shape index (κ2) is 6.20. The minimum absolute atomic E-state index is 0.117. The van der Waals surface area contributed by atoms with Crippen LogP contribution in [0.3, 0.4) is 0 Å². The summed E-state index contributed by atoms with van der Waals surface area (Å²) in [5.74, 6) is 0. The van der Waals surface area contributed by atoms with E-state index < -0.39 is 4.92 Å². The zero-order valence-corrected chi connectivity index (χ0v) is 11.3. The first kappa shape index (κ1) is 13.4. The molecular formula is C15H13NO2S. The number of nitro benzene ring substituents is 1. The first-order valence-electron chi connectivity index (χ1n) is 5.79. The van der Waals surface area contributed by atoms with Gasteiger partial charge in [0.1, 0.15) is 0 Å². The van der Waals surface area contributed by atoms with Crippen molar-refractivity contribution in [2.45, 2.75) is 11.8 Å². The molecule has 19 heavy (non-hydrogen) atoms. The molecule has 2 aromatic carbocycles. The van der Waals surface area contributed by atoms with Crippen LogP contribution in [0.15, 0.2) is 58.8 Å². The van der Waals surface area contributed by atoms with Crippen molar-refractivity contribution >= 4 is 23.5 Å². The van der Waals surface area contributed by atoms with E-state index >= 15 is 0 Å². The molecule has 2 aromatic rings. The number of aryl methyl sites for hydroxylation is 1. The molecule has 0 unspecified atom stereocenters. The van der Waals surface area contributed by atoms with Gasteiger partial charge in [-0.3, -0.25) is 10.1 Å². The lowest BCUT2D eigenvalue weighted by atomic mass is 10.2. The molecule has 0 bridgehead atoms. The van der Waals surface area contributed by atoms with E-state index in [1.165, 1.54) is 29.5 Å².